The van der Waals surface area contributed by atoms with Crippen LogP contribution in [0.5, 0.6) is 0 Å². The minimum atomic E-state index is -0.579. The summed E-state index contributed by atoms with van der Waals surface area (Å²) in [6.07, 6.45) is 10.2. The molecule has 14 heavy (non-hydrogen) atoms. The first kappa shape index (κ1) is 10.0. The molecule has 0 radical (unpaired) electrons. The van der Waals surface area contributed by atoms with Crippen LogP contribution in [0, 0.1) is 17.8 Å². The van der Waals surface area contributed by atoms with Gasteiger partial charge in [-0.3, -0.25) is 4.79 Å². The molecule has 0 saturated heterocycles. The van der Waals surface area contributed by atoms with Crippen LogP contribution in [0.2, 0.25) is 0 Å². The van der Waals surface area contributed by atoms with E-state index in [1.807, 2.05) is 0 Å². The first-order valence-corrected chi connectivity index (χ1v) is 5.98. The maximum absolute atomic E-state index is 10.6. The highest BCUT2D eigenvalue weighted by Crippen LogP contribution is 2.41. The average Bonchev–Trinajstić information content (AvgIpc) is 2.12. The molecule has 0 aliphatic heterocycles. The van der Waals surface area contributed by atoms with Crippen LogP contribution in [0.25, 0.3) is 0 Å². The van der Waals surface area contributed by atoms with Crippen molar-refractivity contribution in [1.82, 2.24) is 0 Å². The third kappa shape index (κ3) is 2.28. The van der Waals surface area contributed by atoms with Gasteiger partial charge in [0.1, 0.15) is 0 Å². The number of carboxylic acid groups (broad SMARTS) is 1. The summed E-state index contributed by atoms with van der Waals surface area (Å²) in [7, 11) is 0. The number of aliphatic carboxylic acids is 1. The average molecular weight is 196 g/mol. The van der Waals surface area contributed by atoms with Crippen molar-refractivity contribution in [2.75, 3.05) is 0 Å². The maximum Gasteiger partial charge on any atom is 0.306 e. The first-order valence-electron chi connectivity index (χ1n) is 5.98. The predicted molar refractivity (Wildman–Crippen MR) is 55.0 cm³/mol. The van der Waals surface area contributed by atoms with E-state index in [1.54, 1.807) is 0 Å². The summed E-state index contributed by atoms with van der Waals surface area (Å²) in [6, 6.07) is 0. The summed E-state index contributed by atoms with van der Waals surface area (Å²) in [4.78, 5) is 10.6. The van der Waals surface area contributed by atoms with Crippen LogP contribution in [0.1, 0.15) is 51.4 Å². The highest BCUT2D eigenvalue weighted by molar-refractivity contribution is 5.71. The Kier molecular flexibility index (Phi) is 3.09. The van der Waals surface area contributed by atoms with Gasteiger partial charge < -0.3 is 5.11 Å². The van der Waals surface area contributed by atoms with Crippen LogP contribution in [0.4, 0.5) is 0 Å². The van der Waals surface area contributed by atoms with Gasteiger partial charge >= 0.3 is 5.97 Å². The van der Waals surface area contributed by atoms with Gasteiger partial charge in [-0.15, -0.1) is 0 Å². The summed E-state index contributed by atoms with van der Waals surface area (Å²) < 4.78 is 0. The van der Waals surface area contributed by atoms with E-state index in [4.69, 9.17) is 5.11 Å². The molecule has 0 atom stereocenters. The molecule has 2 heteroatoms. The van der Waals surface area contributed by atoms with E-state index in [9.17, 15) is 4.79 Å². The largest absolute Gasteiger partial charge is 0.481 e. The Labute approximate surface area is 85.7 Å². The smallest absolute Gasteiger partial charge is 0.306 e. The standard InChI is InChI=1S/C12H20O2/c13-12(14)11-7-10(8-11)6-9-4-2-1-3-5-9/h9-11H,1-8H2,(H,13,14). The van der Waals surface area contributed by atoms with Gasteiger partial charge in [0.25, 0.3) is 0 Å². The quantitative estimate of drug-likeness (QED) is 0.753. The second kappa shape index (κ2) is 4.33. The van der Waals surface area contributed by atoms with Crippen molar-refractivity contribution < 1.29 is 9.90 Å². The SMILES string of the molecule is O=C(O)C1CC(CC2CCCCC2)C1. The van der Waals surface area contributed by atoms with Gasteiger partial charge in [-0.2, -0.15) is 0 Å². The summed E-state index contributed by atoms with van der Waals surface area (Å²) in [6.45, 7) is 0. The van der Waals surface area contributed by atoms with E-state index >= 15 is 0 Å². The lowest BCUT2D eigenvalue weighted by molar-refractivity contribution is -0.146. The normalized spacial score (nSPS) is 33.7. The number of hydrogen-bond donors (Lipinski definition) is 1. The fourth-order valence-electron chi connectivity index (χ4n) is 3.02. The van der Waals surface area contributed by atoms with E-state index in [2.05, 4.69) is 0 Å². The third-order valence-electron chi connectivity index (χ3n) is 3.98. The molecule has 2 fully saturated rings. The molecule has 2 nitrogen and oxygen atoms in total. The molecular formula is C12H20O2. The Bertz CT molecular complexity index is 200. The van der Waals surface area contributed by atoms with Crippen LogP contribution >= 0.6 is 0 Å². The molecule has 0 aromatic heterocycles. The zero-order chi connectivity index (χ0) is 9.97. The van der Waals surface area contributed by atoms with Gasteiger partial charge in [-0.1, -0.05) is 32.1 Å². The van der Waals surface area contributed by atoms with E-state index in [0.29, 0.717) is 0 Å². The highest BCUT2D eigenvalue weighted by Gasteiger charge is 2.35. The van der Waals surface area contributed by atoms with Crippen LogP contribution in [-0.4, -0.2) is 11.1 Å². The molecule has 2 aliphatic rings. The minimum Gasteiger partial charge on any atom is -0.481 e. The molecule has 0 aromatic rings. The van der Waals surface area contributed by atoms with Crippen LogP contribution in [0.15, 0.2) is 0 Å². The molecule has 0 heterocycles. The number of carboxylic acids is 1. The number of hydrogen-bond acceptors (Lipinski definition) is 1. The maximum atomic E-state index is 10.6. The Morgan fingerprint density at radius 2 is 1.71 bits per heavy atom. The highest BCUT2D eigenvalue weighted by atomic mass is 16.4. The van der Waals surface area contributed by atoms with E-state index in [1.165, 1.54) is 38.5 Å². The summed E-state index contributed by atoms with van der Waals surface area (Å²) >= 11 is 0. The first-order chi connectivity index (χ1) is 6.75. The summed E-state index contributed by atoms with van der Waals surface area (Å²) in [5.74, 6) is 1.07. The van der Waals surface area contributed by atoms with Gasteiger partial charge in [-0.05, 0) is 31.1 Å². The van der Waals surface area contributed by atoms with Crippen LogP contribution < -0.4 is 0 Å². The minimum absolute atomic E-state index is 0.0106. The zero-order valence-electron chi connectivity index (χ0n) is 8.74. The lowest BCUT2D eigenvalue weighted by atomic mass is 9.69. The van der Waals surface area contributed by atoms with E-state index in [-0.39, 0.29) is 5.92 Å². The van der Waals surface area contributed by atoms with Gasteiger partial charge in [0.2, 0.25) is 0 Å². The monoisotopic (exact) mass is 196 g/mol. The molecular weight excluding hydrogens is 176 g/mol. The van der Waals surface area contributed by atoms with Crippen molar-refractivity contribution in [2.45, 2.75) is 51.4 Å². The second-order valence-electron chi connectivity index (χ2n) is 5.11. The molecule has 0 amide bonds. The number of rotatable bonds is 3. The second-order valence-corrected chi connectivity index (χ2v) is 5.11. The lowest BCUT2D eigenvalue weighted by Crippen LogP contribution is -2.31. The van der Waals surface area contributed by atoms with Crippen LogP contribution in [0.3, 0.4) is 0 Å². The fourth-order valence-corrected chi connectivity index (χ4v) is 3.02. The van der Waals surface area contributed by atoms with E-state index in [0.717, 1.165) is 24.7 Å². The topological polar surface area (TPSA) is 37.3 Å². The lowest BCUT2D eigenvalue weighted by Gasteiger charge is -2.35. The van der Waals surface area contributed by atoms with Gasteiger partial charge in [0.05, 0.1) is 5.92 Å². The molecule has 80 valence electrons. The Balaban J connectivity index is 1.65. The summed E-state index contributed by atoms with van der Waals surface area (Å²) in [5, 5.41) is 8.76. The van der Waals surface area contributed by atoms with Crippen molar-refractivity contribution in [2.24, 2.45) is 17.8 Å². The molecule has 0 spiro atoms. The molecule has 0 aromatic carbocycles. The predicted octanol–water partition coefficient (Wildman–Crippen LogP) is 3.07. The Morgan fingerprint density at radius 3 is 2.29 bits per heavy atom. The molecule has 0 unspecified atom stereocenters. The molecule has 2 saturated carbocycles. The van der Waals surface area contributed by atoms with Crippen molar-refractivity contribution >= 4 is 5.97 Å². The Morgan fingerprint density at radius 1 is 1.07 bits per heavy atom. The van der Waals surface area contributed by atoms with Crippen LogP contribution in [-0.2, 0) is 4.79 Å². The molecule has 0 bridgehead atoms. The van der Waals surface area contributed by atoms with Gasteiger partial charge in [0, 0.05) is 0 Å². The van der Waals surface area contributed by atoms with Gasteiger partial charge in [0.15, 0.2) is 0 Å². The molecule has 2 aliphatic carbocycles. The zero-order valence-corrected chi connectivity index (χ0v) is 8.74. The number of carbonyl (C=O) groups is 1. The van der Waals surface area contributed by atoms with Crippen molar-refractivity contribution in [3.05, 3.63) is 0 Å². The third-order valence-corrected chi connectivity index (χ3v) is 3.98. The van der Waals surface area contributed by atoms with Crippen molar-refractivity contribution in [3.8, 4) is 0 Å². The molecule has 1 N–H and O–H groups in total. The van der Waals surface area contributed by atoms with Crippen molar-refractivity contribution in [3.63, 3.8) is 0 Å². The fraction of sp³-hybridized carbons (Fsp3) is 0.917. The van der Waals surface area contributed by atoms with E-state index < -0.39 is 5.97 Å². The molecule has 2 rings (SSSR count). The summed E-state index contributed by atoms with van der Waals surface area (Å²) in [5.41, 5.74) is 0. The van der Waals surface area contributed by atoms with Crippen molar-refractivity contribution in [1.29, 1.82) is 0 Å². The van der Waals surface area contributed by atoms with Gasteiger partial charge in [-0.25, -0.2) is 0 Å². The Hall–Kier alpha value is -0.530.